The molecule has 0 saturated heterocycles. The summed E-state index contributed by atoms with van der Waals surface area (Å²) in [6, 6.07) is 5.74. The number of carbonyl (C=O) groups is 1. The fourth-order valence-corrected chi connectivity index (χ4v) is 1.05. The molecule has 15 heavy (non-hydrogen) atoms. The Hall–Kier alpha value is -2.24. The van der Waals surface area contributed by atoms with Gasteiger partial charge in [-0.05, 0) is 12.1 Å². The Bertz CT molecular complexity index is 510. The fourth-order valence-electron chi connectivity index (χ4n) is 1.05. The monoisotopic (exact) mass is 208 g/mol. The predicted octanol–water partition coefficient (Wildman–Crippen LogP) is 1.57. The molecule has 0 bridgehead atoms. The number of aromatic carboxylic acids is 1. The van der Waals surface area contributed by atoms with Crippen LogP contribution in [-0.4, -0.2) is 21.3 Å². The molecule has 1 N–H and O–H groups in total. The van der Waals surface area contributed by atoms with E-state index in [-0.39, 0.29) is 11.5 Å². The second kappa shape index (κ2) is 3.49. The maximum atomic E-state index is 13.2. The van der Waals surface area contributed by atoms with Gasteiger partial charge in [-0.25, -0.2) is 9.18 Å². The summed E-state index contributed by atoms with van der Waals surface area (Å²) in [7, 11) is 0. The van der Waals surface area contributed by atoms with Crippen molar-refractivity contribution in [3.8, 4) is 11.5 Å². The lowest BCUT2D eigenvalue weighted by Crippen LogP contribution is -1.95. The molecular formula is C9H5FN2O3. The van der Waals surface area contributed by atoms with E-state index < -0.39 is 17.7 Å². The smallest absolute Gasteiger partial charge is 0.393 e. The molecule has 0 radical (unpaired) electrons. The van der Waals surface area contributed by atoms with Gasteiger partial charge in [-0.1, -0.05) is 12.1 Å². The van der Waals surface area contributed by atoms with Gasteiger partial charge >= 0.3 is 11.9 Å². The topological polar surface area (TPSA) is 76.2 Å². The number of carboxylic acid groups (broad SMARTS) is 1. The highest BCUT2D eigenvalue weighted by Crippen LogP contribution is 2.20. The molecule has 1 aromatic heterocycles. The Morgan fingerprint density at radius 1 is 1.33 bits per heavy atom. The molecule has 0 fully saturated rings. The van der Waals surface area contributed by atoms with Crippen molar-refractivity contribution in [2.75, 3.05) is 0 Å². The third kappa shape index (κ3) is 1.69. The minimum Gasteiger partial charge on any atom is -0.474 e. The molecule has 5 nitrogen and oxygen atoms in total. The number of halogens is 1. The quantitative estimate of drug-likeness (QED) is 0.810. The van der Waals surface area contributed by atoms with E-state index in [1.165, 1.54) is 18.2 Å². The Morgan fingerprint density at radius 2 is 2.07 bits per heavy atom. The van der Waals surface area contributed by atoms with Gasteiger partial charge < -0.3 is 9.52 Å². The van der Waals surface area contributed by atoms with Crippen molar-refractivity contribution in [3.05, 3.63) is 36.0 Å². The standard InChI is InChI=1S/C9H5FN2O3/c10-6-4-2-1-3-5(6)7-11-12-8(15-7)9(13)14/h1-4H,(H,13,14). The zero-order chi connectivity index (χ0) is 10.8. The van der Waals surface area contributed by atoms with E-state index in [0.29, 0.717) is 0 Å². The largest absolute Gasteiger partial charge is 0.474 e. The number of hydrogen-bond donors (Lipinski definition) is 1. The Morgan fingerprint density at radius 3 is 2.67 bits per heavy atom. The van der Waals surface area contributed by atoms with Crippen molar-refractivity contribution >= 4 is 5.97 Å². The first kappa shape index (κ1) is 9.32. The maximum absolute atomic E-state index is 13.2. The van der Waals surface area contributed by atoms with Crippen LogP contribution in [0.3, 0.4) is 0 Å². The maximum Gasteiger partial charge on any atom is 0.393 e. The van der Waals surface area contributed by atoms with Gasteiger partial charge in [0.15, 0.2) is 0 Å². The number of rotatable bonds is 2. The summed E-state index contributed by atoms with van der Waals surface area (Å²) in [6.07, 6.45) is 0. The average molecular weight is 208 g/mol. The van der Waals surface area contributed by atoms with Crippen LogP contribution in [0.4, 0.5) is 4.39 Å². The summed E-state index contributed by atoms with van der Waals surface area (Å²) in [4.78, 5) is 10.4. The molecule has 0 aliphatic heterocycles. The van der Waals surface area contributed by atoms with Crippen LogP contribution in [0, 0.1) is 5.82 Å². The zero-order valence-corrected chi connectivity index (χ0v) is 7.35. The van der Waals surface area contributed by atoms with Crippen LogP contribution in [0.15, 0.2) is 28.7 Å². The third-order valence-electron chi connectivity index (χ3n) is 1.71. The van der Waals surface area contributed by atoms with Crippen molar-refractivity contribution in [1.82, 2.24) is 10.2 Å². The molecular weight excluding hydrogens is 203 g/mol. The van der Waals surface area contributed by atoms with Gasteiger partial charge in [0.05, 0.1) is 5.56 Å². The Kier molecular flexibility index (Phi) is 2.17. The van der Waals surface area contributed by atoms with Crippen LogP contribution in [0.5, 0.6) is 0 Å². The van der Waals surface area contributed by atoms with Crippen LogP contribution in [-0.2, 0) is 0 Å². The zero-order valence-electron chi connectivity index (χ0n) is 7.35. The predicted molar refractivity (Wildman–Crippen MR) is 46.7 cm³/mol. The Balaban J connectivity index is 2.46. The van der Waals surface area contributed by atoms with E-state index in [1.54, 1.807) is 6.07 Å². The average Bonchev–Trinajstić information content (AvgIpc) is 2.67. The molecule has 76 valence electrons. The van der Waals surface area contributed by atoms with Crippen LogP contribution in [0.2, 0.25) is 0 Å². The SMILES string of the molecule is O=C(O)c1nnc(-c2ccccc2F)o1. The number of carboxylic acids is 1. The van der Waals surface area contributed by atoms with Crippen molar-refractivity contribution in [2.24, 2.45) is 0 Å². The Labute approximate surface area is 83.2 Å². The van der Waals surface area contributed by atoms with E-state index >= 15 is 0 Å². The molecule has 0 spiro atoms. The summed E-state index contributed by atoms with van der Waals surface area (Å²) >= 11 is 0. The van der Waals surface area contributed by atoms with Crippen molar-refractivity contribution < 1.29 is 18.7 Å². The third-order valence-corrected chi connectivity index (χ3v) is 1.71. The van der Waals surface area contributed by atoms with Crippen LogP contribution < -0.4 is 0 Å². The lowest BCUT2D eigenvalue weighted by molar-refractivity contribution is 0.0654. The van der Waals surface area contributed by atoms with E-state index in [2.05, 4.69) is 10.2 Å². The van der Waals surface area contributed by atoms with Crippen molar-refractivity contribution in [3.63, 3.8) is 0 Å². The molecule has 0 saturated carbocycles. The number of hydrogen-bond acceptors (Lipinski definition) is 4. The van der Waals surface area contributed by atoms with E-state index in [9.17, 15) is 9.18 Å². The highest BCUT2D eigenvalue weighted by atomic mass is 19.1. The van der Waals surface area contributed by atoms with Gasteiger partial charge in [0.2, 0.25) is 0 Å². The van der Waals surface area contributed by atoms with E-state index in [1.807, 2.05) is 0 Å². The summed E-state index contributed by atoms with van der Waals surface area (Å²) in [5, 5.41) is 15.2. The first-order valence-corrected chi connectivity index (χ1v) is 4.00. The molecule has 0 atom stereocenters. The van der Waals surface area contributed by atoms with E-state index in [4.69, 9.17) is 9.52 Å². The first-order chi connectivity index (χ1) is 7.18. The van der Waals surface area contributed by atoms with Crippen molar-refractivity contribution in [2.45, 2.75) is 0 Å². The van der Waals surface area contributed by atoms with E-state index in [0.717, 1.165) is 0 Å². The van der Waals surface area contributed by atoms with Gasteiger partial charge in [-0.2, -0.15) is 0 Å². The second-order valence-electron chi connectivity index (χ2n) is 2.70. The minimum atomic E-state index is -1.34. The molecule has 1 aromatic carbocycles. The first-order valence-electron chi connectivity index (χ1n) is 4.00. The van der Waals surface area contributed by atoms with Crippen LogP contribution in [0.1, 0.15) is 10.7 Å². The van der Waals surface area contributed by atoms with Gasteiger partial charge in [-0.3, -0.25) is 0 Å². The second-order valence-corrected chi connectivity index (χ2v) is 2.70. The van der Waals surface area contributed by atoms with Crippen molar-refractivity contribution in [1.29, 1.82) is 0 Å². The molecule has 2 rings (SSSR count). The lowest BCUT2D eigenvalue weighted by atomic mass is 10.2. The lowest BCUT2D eigenvalue weighted by Gasteiger charge is -1.94. The molecule has 0 amide bonds. The van der Waals surface area contributed by atoms with Gasteiger partial charge in [0.1, 0.15) is 5.82 Å². The molecule has 1 heterocycles. The summed E-state index contributed by atoms with van der Waals surface area (Å²) < 4.78 is 18.0. The highest BCUT2D eigenvalue weighted by Gasteiger charge is 2.16. The highest BCUT2D eigenvalue weighted by molar-refractivity contribution is 5.82. The number of nitrogens with zero attached hydrogens (tertiary/aromatic N) is 2. The summed E-state index contributed by atoms with van der Waals surface area (Å²) in [6.45, 7) is 0. The fraction of sp³-hybridized carbons (Fsp3) is 0. The number of aromatic nitrogens is 2. The molecule has 0 unspecified atom stereocenters. The molecule has 0 aliphatic rings. The molecule has 0 aliphatic carbocycles. The van der Waals surface area contributed by atoms with Crippen LogP contribution >= 0.6 is 0 Å². The normalized spacial score (nSPS) is 10.2. The van der Waals surface area contributed by atoms with Gasteiger partial charge in [-0.15, -0.1) is 10.2 Å². The summed E-state index contributed by atoms with van der Waals surface area (Å²) in [5.41, 5.74) is 0.0810. The minimum absolute atomic E-state index is 0.0810. The van der Waals surface area contributed by atoms with Gasteiger partial charge in [0.25, 0.3) is 5.89 Å². The number of benzene rings is 1. The van der Waals surface area contributed by atoms with Gasteiger partial charge in [0, 0.05) is 0 Å². The molecule has 6 heteroatoms. The molecule has 2 aromatic rings. The summed E-state index contributed by atoms with van der Waals surface area (Å²) in [5.74, 6) is -2.60. The van der Waals surface area contributed by atoms with Crippen LogP contribution in [0.25, 0.3) is 11.5 Å².